The standard InChI is InChI=1S/C16H27N3/c1-16(2,12-19(3)4)11-18-14-9-5-7-13-8-6-10-17-15(13)14/h6,8,10,14,18H,5,7,9,11-12H2,1-4H3. The lowest BCUT2D eigenvalue weighted by molar-refractivity contribution is 0.221. The van der Waals surface area contributed by atoms with Gasteiger partial charge < -0.3 is 10.2 Å². The summed E-state index contributed by atoms with van der Waals surface area (Å²) in [4.78, 5) is 6.85. The Balaban J connectivity index is 1.98. The van der Waals surface area contributed by atoms with Crippen LogP contribution in [0.25, 0.3) is 0 Å². The predicted octanol–water partition coefficient (Wildman–Crippen LogP) is 2.64. The van der Waals surface area contributed by atoms with E-state index in [4.69, 9.17) is 0 Å². The van der Waals surface area contributed by atoms with E-state index in [2.05, 4.69) is 55.3 Å². The zero-order valence-corrected chi connectivity index (χ0v) is 12.7. The maximum absolute atomic E-state index is 4.59. The summed E-state index contributed by atoms with van der Waals surface area (Å²) in [6.45, 7) is 6.78. The first-order chi connectivity index (χ1) is 8.98. The Hall–Kier alpha value is -0.930. The van der Waals surface area contributed by atoms with Gasteiger partial charge in [0.15, 0.2) is 0 Å². The Morgan fingerprint density at radius 3 is 2.95 bits per heavy atom. The predicted molar refractivity (Wildman–Crippen MR) is 80.3 cm³/mol. The van der Waals surface area contributed by atoms with E-state index in [0.717, 1.165) is 13.1 Å². The molecule has 1 aliphatic rings. The third kappa shape index (κ3) is 4.02. The molecule has 19 heavy (non-hydrogen) atoms. The summed E-state index contributed by atoms with van der Waals surface area (Å²) < 4.78 is 0. The largest absolute Gasteiger partial charge is 0.309 e. The second-order valence-electron chi connectivity index (χ2n) is 6.78. The first-order valence-corrected chi connectivity index (χ1v) is 7.30. The van der Waals surface area contributed by atoms with Gasteiger partial charge in [0.2, 0.25) is 0 Å². The molecule has 1 N–H and O–H groups in total. The van der Waals surface area contributed by atoms with E-state index in [-0.39, 0.29) is 5.41 Å². The van der Waals surface area contributed by atoms with Gasteiger partial charge in [-0.15, -0.1) is 0 Å². The maximum atomic E-state index is 4.59. The average Bonchev–Trinajstić information content (AvgIpc) is 2.35. The molecular formula is C16H27N3. The van der Waals surface area contributed by atoms with E-state index >= 15 is 0 Å². The first-order valence-electron chi connectivity index (χ1n) is 7.30. The van der Waals surface area contributed by atoms with Crippen LogP contribution in [0.15, 0.2) is 18.3 Å². The van der Waals surface area contributed by atoms with Gasteiger partial charge in [-0.3, -0.25) is 4.98 Å². The lowest BCUT2D eigenvalue weighted by Gasteiger charge is -2.32. The molecule has 0 fully saturated rings. The highest BCUT2D eigenvalue weighted by molar-refractivity contribution is 5.25. The number of aromatic nitrogens is 1. The number of pyridine rings is 1. The second-order valence-corrected chi connectivity index (χ2v) is 6.78. The Bertz CT molecular complexity index is 412. The van der Waals surface area contributed by atoms with Crippen molar-refractivity contribution in [2.45, 2.75) is 39.2 Å². The van der Waals surface area contributed by atoms with E-state index in [1.807, 2.05) is 6.20 Å². The second kappa shape index (κ2) is 6.02. The van der Waals surface area contributed by atoms with Gasteiger partial charge >= 0.3 is 0 Å². The Morgan fingerprint density at radius 1 is 1.42 bits per heavy atom. The summed E-state index contributed by atoms with van der Waals surface area (Å²) in [6.07, 6.45) is 5.58. The van der Waals surface area contributed by atoms with Crippen molar-refractivity contribution < 1.29 is 0 Å². The van der Waals surface area contributed by atoms with Crippen LogP contribution in [0.3, 0.4) is 0 Å². The molecule has 0 bridgehead atoms. The molecule has 1 heterocycles. The van der Waals surface area contributed by atoms with Crippen LogP contribution in [0.4, 0.5) is 0 Å². The molecule has 0 saturated heterocycles. The molecule has 0 spiro atoms. The van der Waals surface area contributed by atoms with Crippen molar-refractivity contribution in [3.8, 4) is 0 Å². The molecule has 3 heteroatoms. The summed E-state index contributed by atoms with van der Waals surface area (Å²) in [5.74, 6) is 0. The molecule has 1 aromatic heterocycles. The molecular weight excluding hydrogens is 234 g/mol. The van der Waals surface area contributed by atoms with E-state index in [1.165, 1.54) is 30.5 Å². The highest BCUT2D eigenvalue weighted by Gasteiger charge is 2.24. The normalized spacial score (nSPS) is 19.5. The van der Waals surface area contributed by atoms with Crippen LogP contribution in [0, 0.1) is 5.41 Å². The molecule has 1 atom stereocenters. The number of hydrogen-bond donors (Lipinski definition) is 1. The highest BCUT2D eigenvalue weighted by atomic mass is 15.1. The molecule has 0 aliphatic heterocycles. The van der Waals surface area contributed by atoms with Gasteiger partial charge in [0.25, 0.3) is 0 Å². The van der Waals surface area contributed by atoms with Gasteiger partial charge in [0.05, 0.1) is 5.69 Å². The molecule has 1 aliphatic carbocycles. The minimum atomic E-state index is 0.288. The van der Waals surface area contributed by atoms with Crippen molar-refractivity contribution in [2.24, 2.45) is 5.41 Å². The molecule has 106 valence electrons. The van der Waals surface area contributed by atoms with Crippen LogP contribution < -0.4 is 5.32 Å². The van der Waals surface area contributed by atoms with Gasteiger partial charge in [-0.05, 0) is 50.4 Å². The third-order valence-corrected chi connectivity index (χ3v) is 3.77. The third-order valence-electron chi connectivity index (χ3n) is 3.77. The molecule has 0 aromatic carbocycles. The van der Waals surface area contributed by atoms with Crippen LogP contribution in [-0.2, 0) is 6.42 Å². The SMILES string of the molecule is CN(C)CC(C)(C)CNC1CCCc2cccnc21. The molecule has 2 rings (SSSR count). The van der Waals surface area contributed by atoms with Gasteiger partial charge in [-0.1, -0.05) is 19.9 Å². The van der Waals surface area contributed by atoms with Crippen molar-refractivity contribution >= 4 is 0 Å². The summed E-state index contributed by atoms with van der Waals surface area (Å²) in [5, 5.41) is 3.73. The lowest BCUT2D eigenvalue weighted by atomic mass is 9.89. The molecule has 3 nitrogen and oxygen atoms in total. The van der Waals surface area contributed by atoms with Crippen molar-refractivity contribution in [1.82, 2.24) is 15.2 Å². The molecule has 1 unspecified atom stereocenters. The van der Waals surface area contributed by atoms with E-state index in [0.29, 0.717) is 6.04 Å². The van der Waals surface area contributed by atoms with Crippen molar-refractivity contribution in [1.29, 1.82) is 0 Å². The van der Waals surface area contributed by atoms with Crippen molar-refractivity contribution in [2.75, 3.05) is 27.2 Å². The smallest absolute Gasteiger partial charge is 0.0605 e. The van der Waals surface area contributed by atoms with Crippen LogP contribution in [0.5, 0.6) is 0 Å². The van der Waals surface area contributed by atoms with Crippen molar-refractivity contribution in [3.63, 3.8) is 0 Å². The van der Waals surface area contributed by atoms with E-state index < -0.39 is 0 Å². The minimum absolute atomic E-state index is 0.288. The summed E-state index contributed by atoms with van der Waals surface area (Å²) in [5.41, 5.74) is 2.99. The minimum Gasteiger partial charge on any atom is -0.309 e. The zero-order chi connectivity index (χ0) is 13.9. The van der Waals surface area contributed by atoms with Gasteiger partial charge in [-0.2, -0.15) is 0 Å². The molecule has 1 aromatic rings. The summed E-state index contributed by atoms with van der Waals surface area (Å²) >= 11 is 0. The lowest BCUT2D eigenvalue weighted by Crippen LogP contribution is -2.39. The van der Waals surface area contributed by atoms with Crippen LogP contribution in [0.2, 0.25) is 0 Å². The fraction of sp³-hybridized carbons (Fsp3) is 0.688. The summed E-state index contributed by atoms with van der Waals surface area (Å²) in [6, 6.07) is 4.71. The van der Waals surface area contributed by atoms with Crippen LogP contribution in [-0.4, -0.2) is 37.1 Å². The fourth-order valence-electron chi connectivity index (χ4n) is 3.12. The molecule has 0 radical (unpaired) electrons. The number of fused-ring (bicyclic) bond motifs is 1. The average molecular weight is 261 g/mol. The van der Waals surface area contributed by atoms with Crippen LogP contribution >= 0.6 is 0 Å². The number of aryl methyl sites for hydroxylation is 1. The number of nitrogens with one attached hydrogen (secondary N) is 1. The molecule has 0 saturated carbocycles. The Labute approximate surface area is 117 Å². The monoisotopic (exact) mass is 261 g/mol. The zero-order valence-electron chi connectivity index (χ0n) is 12.7. The first kappa shape index (κ1) is 14.5. The number of nitrogens with zero attached hydrogens (tertiary/aromatic N) is 2. The van der Waals surface area contributed by atoms with E-state index in [9.17, 15) is 0 Å². The van der Waals surface area contributed by atoms with Crippen molar-refractivity contribution in [3.05, 3.63) is 29.6 Å². The van der Waals surface area contributed by atoms with Gasteiger partial charge in [0, 0.05) is 25.3 Å². The van der Waals surface area contributed by atoms with Gasteiger partial charge in [-0.25, -0.2) is 0 Å². The number of rotatable bonds is 5. The Morgan fingerprint density at radius 2 is 2.21 bits per heavy atom. The fourth-order valence-corrected chi connectivity index (χ4v) is 3.12. The quantitative estimate of drug-likeness (QED) is 0.883. The highest BCUT2D eigenvalue weighted by Crippen LogP contribution is 2.28. The topological polar surface area (TPSA) is 28.2 Å². The maximum Gasteiger partial charge on any atom is 0.0605 e. The van der Waals surface area contributed by atoms with Gasteiger partial charge in [0.1, 0.15) is 0 Å². The molecule has 0 amide bonds. The number of hydrogen-bond acceptors (Lipinski definition) is 3. The van der Waals surface area contributed by atoms with Crippen LogP contribution in [0.1, 0.15) is 44.0 Å². The summed E-state index contributed by atoms with van der Waals surface area (Å²) in [7, 11) is 4.28. The van der Waals surface area contributed by atoms with E-state index in [1.54, 1.807) is 0 Å². The Kier molecular flexibility index (Phi) is 4.58.